The van der Waals surface area contributed by atoms with Crippen molar-refractivity contribution in [2.24, 2.45) is 5.92 Å². The molecule has 0 unspecified atom stereocenters. The minimum atomic E-state index is -0.0633. The molecule has 5 heteroatoms. The number of benzene rings is 2. The van der Waals surface area contributed by atoms with Gasteiger partial charge >= 0.3 is 0 Å². The molecule has 0 radical (unpaired) electrons. The number of hydrogen-bond acceptors (Lipinski definition) is 3. The van der Waals surface area contributed by atoms with Crippen molar-refractivity contribution in [3.8, 4) is 5.75 Å². The highest BCUT2D eigenvalue weighted by Crippen LogP contribution is 2.26. The van der Waals surface area contributed by atoms with E-state index in [-0.39, 0.29) is 17.9 Å². The lowest BCUT2D eigenvalue weighted by atomic mass is 9.87. The highest BCUT2D eigenvalue weighted by Gasteiger charge is 2.29. The second-order valence-electron chi connectivity index (χ2n) is 8.71. The number of nitrogens with zero attached hydrogens (tertiary/aromatic N) is 1. The molecule has 0 aromatic heterocycles. The van der Waals surface area contributed by atoms with Gasteiger partial charge in [-0.25, -0.2) is 0 Å². The maximum atomic E-state index is 12.7. The average molecular weight is 421 g/mol. The number of nitrogens with one attached hydrogen (secondary N) is 1. The molecule has 164 valence electrons. The third-order valence-electron chi connectivity index (χ3n) is 6.46. The minimum absolute atomic E-state index is 0.0633. The fourth-order valence-corrected chi connectivity index (χ4v) is 4.56. The molecular formula is C26H32N2O3. The first-order valence-corrected chi connectivity index (χ1v) is 11.6. The third-order valence-corrected chi connectivity index (χ3v) is 6.46. The summed E-state index contributed by atoms with van der Waals surface area (Å²) in [6.45, 7) is 1.99. The van der Waals surface area contributed by atoms with Gasteiger partial charge in [0.15, 0.2) is 0 Å². The molecule has 0 bridgehead atoms. The number of rotatable bonds is 6. The van der Waals surface area contributed by atoms with Crippen LogP contribution < -0.4 is 10.1 Å². The van der Waals surface area contributed by atoms with E-state index in [0.717, 1.165) is 50.1 Å². The first-order valence-electron chi connectivity index (χ1n) is 11.6. The molecule has 2 aromatic rings. The Labute approximate surface area is 184 Å². The molecule has 4 rings (SSSR count). The van der Waals surface area contributed by atoms with E-state index in [0.29, 0.717) is 18.1 Å². The Morgan fingerprint density at radius 2 is 1.55 bits per heavy atom. The van der Waals surface area contributed by atoms with Crippen LogP contribution in [-0.2, 0) is 11.4 Å². The third kappa shape index (κ3) is 5.87. The summed E-state index contributed by atoms with van der Waals surface area (Å²) in [4.78, 5) is 27.4. The molecule has 0 atom stereocenters. The Bertz CT molecular complexity index is 852. The van der Waals surface area contributed by atoms with Gasteiger partial charge in [-0.15, -0.1) is 0 Å². The van der Waals surface area contributed by atoms with Gasteiger partial charge in [0.2, 0.25) is 5.91 Å². The van der Waals surface area contributed by atoms with Crippen LogP contribution >= 0.6 is 0 Å². The Morgan fingerprint density at radius 3 is 2.23 bits per heavy atom. The van der Waals surface area contributed by atoms with Crippen LogP contribution in [0.4, 0.5) is 0 Å². The molecule has 1 saturated heterocycles. The molecule has 2 fully saturated rings. The molecule has 2 amide bonds. The molecule has 1 aliphatic heterocycles. The fraction of sp³-hybridized carbons (Fsp3) is 0.462. The van der Waals surface area contributed by atoms with Crippen molar-refractivity contribution in [1.82, 2.24) is 10.2 Å². The Morgan fingerprint density at radius 1 is 0.871 bits per heavy atom. The lowest BCUT2D eigenvalue weighted by Crippen LogP contribution is -2.48. The summed E-state index contributed by atoms with van der Waals surface area (Å²) in [5.74, 6) is 1.24. The molecule has 2 aromatic carbocycles. The van der Waals surface area contributed by atoms with Crippen LogP contribution in [0.2, 0.25) is 0 Å². The summed E-state index contributed by atoms with van der Waals surface area (Å²) >= 11 is 0. The summed E-state index contributed by atoms with van der Waals surface area (Å²) in [7, 11) is 0. The summed E-state index contributed by atoms with van der Waals surface area (Å²) in [6.07, 6.45) is 7.35. The standard InChI is InChI=1S/C26H32N2O3/c29-25(21-11-13-24(14-12-21)31-19-20-7-3-1-4-8-20)27-23-15-17-28(18-16-23)26(30)22-9-5-2-6-10-22/h1,3-4,7-8,11-14,22-23H,2,5-6,9-10,15-19H2,(H,27,29). The van der Waals surface area contributed by atoms with E-state index in [4.69, 9.17) is 4.74 Å². The molecular weight excluding hydrogens is 388 g/mol. The van der Waals surface area contributed by atoms with Gasteiger partial charge in [0, 0.05) is 30.6 Å². The van der Waals surface area contributed by atoms with Crippen LogP contribution in [0, 0.1) is 5.92 Å². The van der Waals surface area contributed by atoms with Gasteiger partial charge in [-0.1, -0.05) is 49.6 Å². The predicted molar refractivity (Wildman–Crippen MR) is 121 cm³/mol. The van der Waals surface area contributed by atoms with Crippen LogP contribution in [0.5, 0.6) is 5.75 Å². The van der Waals surface area contributed by atoms with Crippen molar-refractivity contribution < 1.29 is 14.3 Å². The number of ether oxygens (including phenoxy) is 1. The zero-order chi connectivity index (χ0) is 21.5. The molecule has 31 heavy (non-hydrogen) atoms. The van der Waals surface area contributed by atoms with Crippen molar-refractivity contribution in [2.75, 3.05) is 13.1 Å². The SMILES string of the molecule is O=C(NC1CCN(C(=O)C2CCCCC2)CC1)c1ccc(OCc2ccccc2)cc1. The van der Waals surface area contributed by atoms with Crippen LogP contribution in [-0.4, -0.2) is 35.8 Å². The number of amides is 2. The molecule has 1 saturated carbocycles. The zero-order valence-corrected chi connectivity index (χ0v) is 18.1. The van der Waals surface area contributed by atoms with E-state index in [1.165, 1.54) is 19.3 Å². The summed E-state index contributed by atoms with van der Waals surface area (Å²) in [5.41, 5.74) is 1.74. The van der Waals surface area contributed by atoms with Gasteiger partial charge in [0.25, 0.3) is 5.91 Å². The van der Waals surface area contributed by atoms with Crippen LogP contribution in [0.3, 0.4) is 0 Å². The van der Waals surface area contributed by atoms with Crippen molar-refractivity contribution in [3.63, 3.8) is 0 Å². The van der Waals surface area contributed by atoms with Gasteiger partial charge in [-0.05, 0) is 55.5 Å². The minimum Gasteiger partial charge on any atom is -0.489 e. The molecule has 5 nitrogen and oxygen atoms in total. The molecule has 1 heterocycles. The van der Waals surface area contributed by atoms with Crippen molar-refractivity contribution >= 4 is 11.8 Å². The second-order valence-corrected chi connectivity index (χ2v) is 8.71. The van der Waals surface area contributed by atoms with E-state index in [2.05, 4.69) is 5.32 Å². The van der Waals surface area contributed by atoms with Crippen molar-refractivity contribution in [3.05, 3.63) is 65.7 Å². The second kappa shape index (κ2) is 10.5. The molecule has 1 aliphatic carbocycles. The van der Waals surface area contributed by atoms with Gasteiger partial charge in [-0.3, -0.25) is 9.59 Å². The quantitative estimate of drug-likeness (QED) is 0.745. The summed E-state index contributed by atoms with van der Waals surface area (Å²) in [6, 6.07) is 17.4. The zero-order valence-electron chi connectivity index (χ0n) is 18.1. The average Bonchev–Trinajstić information content (AvgIpc) is 2.84. The van der Waals surface area contributed by atoms with Crippen molar-refractivity contribution in [2.45, 2.75) is 57.6 Å². The first kappa shape index (κ1) is 21.4. The van der Waals surface area contributed by atoms with Gasteiger partial charge in [-0.2, -0.15) is 0 Å². The molecule has 0 spiro atoms. The van der Waals surface area contributed by atoms with Gasteiger partial charge in [0.05, 0.1) is 0 Å². The largest absolute Gasteiger partial charge is 0.489 e. The van der Waals surface area contributed by atoms with E-state index in [9.17, 15) is 9.59 Å². The Hall–Kier alpha value is -2.82. The number of hydrogen-bond donors (Lipinski definition) is 1. The lowest BCUT2D eigenvalue weighted by Gasteiger charge is -2.35. The predicted octanol–water partition coefficient (Wildman–Crippen LogP) is 4.57. The lowest BCUT2D eigenvalue weighted by molar-refractivity contribution is -0.137. The molecule has 2 aliphatic rings. The highest BCUT2D eigenvalue weighted by atomic mass is 16.5. The number of carbonyl (C=O) groups is 2. The first-order chi connectivity index (χ1) is 15.2. The number of carbonyl (C=O) groups excluding carboxylic acids is 2. The van der Waals surface area contributed by atoms with Gasteiger partial charge < -0.3 is 15.0 Å². The van der Waals surface area contributed by atoms with Crippen molar-refractivity contribution in [1.29, 1.82) is 0 Å². The van der Waals surface area contributed by atoms with E-state index in [1.807, 2.05) is 47.4 Å². The molecule has 1 N–H and O–H groups in total. The summed E-state index contributed by atoms with van der Waals surface area (Å²) < 4.78 is 5.79. The maximum absolute atomic E-state index is 12.7. The van der Waals surface area contributed by atoms with Gasteiger partial charge in [0.1, 0.15) is 12.4 Å². The van der Waals surface area contributed by atoms with Crippen LogP contribution in [0.25, 0.3) is 0 Å². The van der Waals surface area contributed by atoms with E-state index < -0.39 is 0 Å². The maximum Gasteiger partial charge on any atom is 0.251 e. The monoisotopic (exact) mass is 420 g/mol. The Kier molecular flexibility index (Phi) is 7.23. The Balaban J connectivity index is 1.22. The number of likely N-dealkylation sites (tertiary alicyclic amines) is 1. The van der Waals surface area contributed by atoms with E-state index >= 15 is 0 Å². The normalized spacial score (nSPS) is 17.9. The topological polar surface area (TPSA) is 58.6 Å². The summed E-state index contributed by atoms with van der Waals surface area (Å²) in [5, 5.41) is 3.13. The van der Waals surface area contributed by atoms with Crippen LogP contribution in [0.15, 0.2) is 54.6 Å². The van der Waals surface area contributed by atoms with E-state index in [1.54, 1.807) is 12.1 Å². The fourth-order valence-electron chi connectivity index (χ4n) is 4.56. The smallest absolute Gasteiger partial charge is 0.251 e. The highest BCUT2D eigenvalue weighted by molar-refractivity contribution is 5.94. The number of piperidine rings is 1. The van der Waals surface area contributed by atoms with Crippen LogP contribution in [0.1, 0.15) is 60.9 Å².